The van der Waals surface area contributed by atoms with Crippen LogP contribution in [0.15, 0.2) is 71.9 Å². The van der Waals surface area contributed by atoms with Crippen molar-refractivity contribution >= 4 is 38.4 Å². The van der Waals surface area contributed by atoms with Crippen LogP contribution in [0.2, 0.25) is 0 Å². The summed E-state index contributed by atoms with van der Waals surface area (Å²) in [6.07, 6.45) is 2.50. The number of rotatable bonds is 6. The number of piperidine rings is 1. The molecule has 8 nitrogen and oxygen atoms in total. The van der Waals surface area contributed by atoms with Crippen LogP contribution >= 0.6 is 0 Å². The highest BCUT2D eigenvalue weighted by molar-refractivity contribution is 7.89. The lowest BCUT2D eigenvalue weighted by molar-refractivity contribution is -0.158. The van der Waals surface area contributed by atoms with Gasteiger partial charge >= 0.3 is 5.97 Å². The number of sulfonamides is 1. The number of hydrogen-bond donors (Lipinski definition) is 1. The van der Waals surface area contributed by atoms with Crippen molar-refractivity contribution in [2.75, 3.05) is 18.4 Å². The van der Waals surface area contributed by atoms with Crippen LogP contribution in [0.1, 0.15) is 19.8 Å². The molecule has 0 saturated carbocycles. The minimum atomic E-state index is -3.65. The highest BCUT2D eigenvalue weighted by Gasteiger charge is 2.34. The van der Waals surface area contributed by atoms with Gasteiger partial charge in [-0.15, -0.1) is 0 Å². The molecule has 1 aromatic heterocycles. The van der Waals surface area contributed by atoms with Gasteiger partial charge in [-0.1, -0.05) is 36.4 Å². The minimum absolute atomic E-state index is 0.129. The Morgan fingerprint density at radius 2 is 1.79 bits per heavy atom. The van der Waals surface area contributed by atoms with Crippen molar-refractivity contribution in [3.05, 3.63) is 67.0 Å². The van der Waals surface area contributed by atoms with E-state index < -0.39 is 33.9 Å². The maximum absolute atomic E-state index is 12.7. The Kier molecular flexibility index (Phi) is 6.71. The van der Waals surface area contributed by atoms with E-state index in [0.717, 1.165) is 10.8 Å². The Bertz CT molecular complexity index is 1250. The second-order valence-electron chi connectivity index (χ2n) is 7.96. The van der Waals surface area contributed by atoms with E-state index in [-0.39, 0.29) is 18.0 Å². The Morgan fingerprint density at radius 1 is 1.06 bits per heavy atom. The highest BCUT2D eigenvalue weighted by Crippen LogP contribution is 2.26. The van der Waals surface area contributed by atoms with E-state index in [4.69, 9.17) is 4.74 Å². The third-order valence-electron chi connectivity index (χ3n) is 5.77. The molecule has 1 aliphatic heterocycles. The number of anilines is 1. The molecular weight excluding hydrogens is 442 g/mol. The molecule has 0 bridgehead atoms. The van der Waals surface area contributed by atoms with Gasteiger partial charge in [0, 0.05) is 36.6 Å². The molecule has 0 aliphatic carbocycles. The lowest BCUT2D eigenvalue weighted by Crippen LogP contribution is -2.41. The molecule has 33 heavy (non-hydrogen) atoms. The number of ether oxygens (including phenoxy) is 1. The number of benzene rings is 2. The molecule has 2 heterocycles. The number of hydrogen-bond acceptors (Lipinski definition) is 6. The van der Waals surface area contributed by atoms with E-state index in [1.807, 2.05) is 36.4 Å². The third-order valence-corrected chi connectivity index (χ3v) is 7.65. The molecule has 2 aromatic carbocycles. The van der Waals surface area contributed by atoms with Crippen LogP contribution in [0.5, 0.6) is 0 Å². The number of pyridine rings is 1. The van der Waals surface area contributed by atoms with E-state index in [2.05, 4.69) is 10.3 Å². The molecule has 172 valence electrons. The molecule has 1 unspecified atom stereocenters. The number of carbonyl (C=O) groups is 2. The van der Waals surface area contributed by atoms with Crippen LogP contribution in [0, 0.1) is 5.92 Å². The minimum Gasteiger partial charge on any atom is -0.452 e. The van der Waals surface area contributed by atoms with Crippen molar-refractivity contribution < 1.29 is 22.7 Å². The molecule has 1 amide bonds. The Hall–Kier alpha value is -3.30. The molecule has 1 aliphatic rings. The van der Waals surface area contributed by atoms with Crippen molar-refractivity contribution in [1.29, 1.82) is 0 Å². The summed E-state index contributed by atoms with van der Waals surface area (Å²) in [5, 5.41) is 4.72. The van der Waals surface area contributed by atoms with E-state index in [0.29, 0.717) is 18.5 Å². The number of esters is 1. The SMILES string of the molecule is CC(OC(=O)C1CCN(S(=O)(=O)c2cccnc2)CC1)C(=O)Nc1cccc2ccccc12. The topological polar surface area (TPSA) is 106 Å². The van der Waals surface area contributed by atoms with Gasteiger partial charge in [-0.05, 0) is 43.4 Å². The zero-order valence-electron chi connectivity index (χ0n) is 18.2. The van der Waals surface area contributed by atoms with Crippen LogP contribution in [-0.4, -0.2) is 48.8 Å². The van der Waals surface area contributed by atoms with Gasteiger partial charge < -0.3 is 10.1 Å². The van der Waals surface area contributed by atoms with Gasteiger partial charge in [0.15, 0.2) is 6.10 Å². The summed E-state index contributed by atoms with van der Waals surface area (Å²) >= 11 is 0. The first kappa shape index (κ1) is 22.9. The summed E-state index contributed by atoms with van der Waals surface area (Å²) in [4.78, 5) is 29.3. The number of carbonyl (C=O) groups excluding carboxylic acids is 2. The zero-order chi connectivity index (χ0) is 23.4. The van der Waals surface area contributed by atoms with Gasteiger partial charge in [-0.2, -0.15) is 4.31 Å². The van der Waals surface area contributed by atoms with Crippen molar-refractivity contribution in [1.82, 2.24) is 9.29 Å². The molecule has 4 rings (SSSR count). The quantitative estimate of drug-likeness (QED) is 0.558. The van der Waals surface area contributed by atoms with Gasteiger partial charge in [0.25, 0.3) is 5.91 Å². The van der Waals surface area contributed by atoms with Crippen LogP contribution in [0.25, 0.3) is 10.8 Å². The lowest BCUT2D eigenvalue weighted by Gasteiger charge is -2.30. The summed E-state index contributed by atoms with van der Waals surface area (Å²) in [7, 11) is -3.65. The molecule has 1 atom stereocenters. The van der Waals surface area contributed by atoms with Crippen LogP contribution < -0.4 is 5.32 Å². The zero-order valence-corrected chi connectivity index (χ0v) is 19.0. The molecule has 0 spiro atoms. The maximum Gasteiger partial charge on any atom is 0.309 e. The lowest BCUT2D eigenvalue weighted by atomic mass is 9.98. The molecule has 0 radical (unpaired) electrons. The molecule has 9 heteroatoms. The molecular formula is C24H25N3O5S. The smallest absolute Gasteiger partial charge is 0.309 e. The first-order valence-corrected chi connectivity index (χ1v) is 12.2. The second-order valence-corrected chi connectivity index (χ2v) is 9.90. The summed E-state index contributed by atoms with van der Waals surface area (Å²) in [6.45, 7) is 1.93. The number of nitrogens with one attached hydrogen (secondary N) is 1. The first-order chi connectivity index (χ1) is 15.9. The van der Waals surface area contributed by atoms with Crippen LogP contribution in [-0.2, 0) is 24.3 Å². The Morgan fingerprint density at radius 3 is 2.52 bits per heavy atom. The van der Waals surface area contributed by atoms with Gasteiger partial charge in [0.05, 0.1) is 5.92 Å². The Balaban J connectivity index is 1.33. The molecule has 1 saturated heterocycles. The third kappa shape index (κ3) is 5.04. The van der Waals surface area contributed by atoms with Gasteiger partial charge in [-0.3, -0.25) is 14.6 Å². The van der Waals surface area contributed by atoms with Gasteiger partial charge in [0.1, 0.15) is 4.90 Å². The molecule has 1 N–H and O–H groups in total. The van der Waals surface area contributed by atoms with Crippen molar-refractivity contribution in [2.45, 2.75) is 30.8 Å². The summed E-state index contributed by atoms with van der Waals surface area (Å²) in [5.74, 6) is -1.37. The Labute approximate surface area is 192 Å². The number of amides is 1. The number of fused-ring (bicyclic) bond motifs is 1. The predicted octanol–water partition coefficient (Wildman–Crippen LogP) is 3.21. The predicted molar refractivity (Wildman–Crippen MR) is 124 cm³/mol. The maximum atomic E-state index is 12.7. The van der Waals surface area contributed by atoms with Crippen molar-refractivity contribution in [2.24, 2.45) is 5.92 Å². The average Bonchev–Trinajstić information content (AvgIpc) is 2.84. The number of nitrogens with zero attached hydrogens (tertiary/aromatic N) is 2. The van der Waals surface area contributed by atoms with Gasteiger partial charge in [0.2, 0.25) is 10.0 Å². The molecule has 1 fully saturated rings. The molecule has 3 aromatic rings. The first-order valence-electron chi connectivity index (χ1n) is 10.8. The van der Waals surface area contributed by atoms with E-state index >= 15 is 0 Å². The van der Waals surface area contributed by atoms with Crippen molar-refractivity contribution in [3.8, 4) is 0 Å². The fourth-order valence-electron chi connectivity index (χ4n) is 3.87. The van der Waals surface area contributed by atoms with Crippen molar-refractivity contribution in [3.63, 3.8) is 0 Å². The normalized spacial score (nSPS) is 16.3. The second kappa shape index (κ2) is 9.68. The van der Waals surface area contributed by atoms with Crippen LogP contribution in [0.4, 0.5) is 5.69 Å². The van der Waals surface area contributed by atoms with E-state index in [1.165, 1.54) is 29.7 Å². The average molecular weight is 468 g/mol. The largest absolute Gasteiger partial charge is 0.452 e. The van der Waals surface area contributed by atoms with Crippen LogP contribution in [0.3, 0.4) is 0 Å². The summed E-state index contributed by atoms with van der Waals surface area (Å²) in [6, 6.07) is 16.4. The van der Waals surface area contributed by atoms with E-state index in [9.17, 15) is 18.0 Å². The monoisotopic (exact) mass is 467 g/mol. The van der Waals surface area contributed by atoms with Gasteiger partial charge in [-0.25, -0.2) is 8.42 Å². The standard InChI is InChI=1S/C24H25N3O5S/c1-17(23(28)26-22-10-4-7-18-6-2-3-9-21(18)22)32-24(29)19-11-14-27(15-12-19)33(30,31)20-8-5-13-25-16-20/h2-10,13,16-17,19H,11-12,14-15H2,1H3,(H,26,28). The highest BCUT2D eigenvalue weighted by atomic mass is 32.2. The summed E-state index contributed by atoms with van der Waals surface area (Å²) < 4.78 is 32.2. The summed E-state index contributed by atoms with van der Waals surface area (Å²) in [5.41, 5.74) is 0.648. The van der Waals surface area contributed by atoms with E-state index in [1.54, 1.807) is 12.1 Å². The fraction of sp³-hybridized carbons (Fsp3) is 0.292. The fourth-order valence-corrected chi connectivity index (χ4v) is 5.31. The number of aromatic nitrogens is 1.